The Morgan fingerprint density at radius 1 is 1.15 bits per heavy atom. The molecule has 0 heterocycles. The van der Waals surface area contributed by atoms with Crippen molar-refractivity contribution in [3.05, 3.63) is 71.5 Å². The highest BCUT2D eigenvalue weighted by Crippen LogP contribution is 2.21. The molecule has 20 heavy (non-hydrogen) atoms. The molecule has 1 amide bonds. The second kappa shape index (κ2) is 5.84. The van der Waals surface area contributed by atoms with Gasteiger partial charge in [0.2, 0.25) is 5.91 Å². The van der Waals surface area contributed by atoms with Crippen LogP contribution in [0.25, 0.3) is 0 Å². The molecule has 0 radical (unpaired) electrons. The van der Waals surface area contributed by atoms with Gasteiger partial charge in [-0.25, -0.2) is 4.39 Å². The van der Waals surface area contributed by atoms with E-state index in [0.29, 0.717) is 12.1 Å². The molecule has 0 aliphatic heterocycles. The van der Waals surface area contributed by atoms with E-state index in [2.05, 4.69) is 5.32 Å². The van der Waals surface area contributed by atoms with E-state index >= 15 is 0 Å². The van der Waals surface area contributed by atoms with Crippen LogP contribution in [0.15, 0.2) is 54.6 Å². The Kier molecular flexibility index (Phi) is 4.15. The van der Waals surface area contributed by atoms with Crippen molar-refractivity contribution >= 4 is 5.91 Å². The predicted octanol–water partition coefficient (Wildman–Crippen LogP) is 2.32. The van der Waals surface area contributed by atoms with Crippen LogP contribution in [0.3, 0.4) is 0 Å². The van der Waals surface area contributed by atoms with Crippen molar-refractivity contribution in [3.63, 3.8) is 0 Å². The van der Waals surface area contributed by atoms with E-state index in [1.165, 1.54) is 12.1 Å². The summed E-state index contributed by atoms with van der Waals surface area (Å²) in [7, 11) is 0. The minimum Gasteiger partial charge on any atom is -0.368 e. The third kappa shape index (κ3) is 3.03. The van der Waals surface area contributed by atoms with Crippen LogP contribution in [0.1, 0.15) is 18.1 Å². The Morgan fingerprint density at radius 2 is 1.75 bits per heavy atom. The number of carbonyl (C=O) groups is 1. The van der Waals surface area contributed by atoms with Crippen LogP contribution in [0.5, 0.6) is 0 Å². The van der Waals surface area contributed by atoms with E-state index in [1.807, 2.05) is 30.3 Å². The normalized spacial score (nSPS) is 13.7. The van der Waals surface area contributed by atoms with Gasteiger partial charge in [-0.2, -0.15) is 0 Å². The first-order valence-corrected chi connectivity index (χ1v) is 6.37. The molecule has 1 unspecified atom stereocenters. The Hall–Kier alpha value is -2.20. The second-order valence-electron chi connectivity index (χ2n) is 4.84. The summed E-state index contributed by atoms with van der Waals surface area (Å²) >= 11 is 0. The Morgan fingerprint density at radius 3 is 2.30 bits per heavy atom. The van der Waals surface area contributed by atoms with Gasteiger partial charge in [0.1, 0.15) is 11.4 Å². The lowest BCUT2D eigenvalue weighted by Crippen LogP contribution is -2.50. The summed E-state index contributed by atoms with van der Waals surface area (Å²) in [6, 6.07) is 15.5. The molecule has 1 atom stereocenters. The molecular weight excluding hydrogens is 255 g/mol. The van der Waals surface area contributed by atoms with Crippen LogP contribution in [-0.2, 0) is 16.9 Å². The maximum atomic E-state index is 13.0. The molecule has 0 aliphatic rings. The number of rotatable bonds is 5. The van der Waals surface area contributed by atoms with Crippen molar-refractivity contribution in [2.75, 3.05) is 0 Å². The largest absolute Gasteiger partial charge is 0.368 e. The third-order valence-corrected chi connectivity index (χ3v) is 3.40. The lowest BCUT2D eigenvalue weighted by Gasteiger charge is -2.28. The number of nitrogens with two attached hydrogens (primary N) is 1. The van der Waals surface area contributed by atoms with E-state index < -0.39 is 11.4 Å². The van der Waals surface area contributed by atoms with Crippen LogP contribution >= 0.6 is 0 Å². The SMILES string of the molecule is CC(NCc1ccccc1)(C(N)=O)c1ccc(F)cc1. The molecule has 0 saturated carbocycles. The Balaban J connectivity index is 2.21. The number of hydrogen-bond acceptors (Lipinski definition) is 2. The van der Waals surface area contributed by atoms with Crippen LogP contribution in [-0.4, -0.2) is 5.91 Å². The molecule has 2 aromatic carbocycles. The number of primary amides is 1. The van der Waals surface area contributed by atoms with Gasteiger partial charge in [-0.15, -0.1) is 0 Å². The zero-order chi connectivity index (χ0) is 14.6. The topological polar surface area (TPSA) is 55.1 Å². The zero-order valence-electron chi connectivity index (χ0n) is 11.3. The third-order valence-electron chi connectivity index (χ3n) is 3.40. The Labute approximate surface area is 117 Å². The predicted molar refractivity (Wildman–Crippen MR) is 76.2 cm³/mol. The van der Waals surface area contributed by atoms with Crippen LogP contribution in [0.2, 0.25) is 0 Å². The van der Waals surface area contributed by atoms with Crippen molar-refractivity contribution in [2.45, 2.75) is 19.0 Å². The van der Waals surface area contributed by atoms with E-state index in [1.54, 1.807) is 19.1 Å². The summed E-state index contributed by atoms with van der Waals surface area (Å²) in [6.45, 7) is 2.20. The summed E-state index contributed by atoms with van der Waals surface area (Å²) in [4.78, 5) is 11.8. The average molecular weight is 272 g/mol. The molecule has 0 aromatic heterocycles. The number of amides is 1. The van der Waals surface area contributed by atoms with Crippen molar-refractivity contribution in [2.24, 2.45) is 5.73 Å². The summed E-state index contributed by atoms with van der Waals surface area (Å²) in [6.07, 6.45) is 0. The summed E-state index contributed by atoms with van der Waals surface area (Å²) in [5, 5.41) is 3.15. The summed E-state index contributed by atoms with van der Waals surface area (Å²) in [5.74, 6) is -0.844. The maximum absolute atomic E-state index is 13.0. The first-order chi connectivity index (χ1) is 9.52. The molecule has 0 spiro atoms. The lowest BCUT2D eigenvalue weighted by atomic mass is 9.91. The van der Waals surface area contributed by atoms with Gasteiger partial charge in [0, 0.05) is 6.54 Å². The molecular formula is C16H17FN2O. The maximum Gasteiger partial charge on any atom is 0.242 e. The molecule has 0 aliphatic carbocycles. The van der Waals surface area contributed by atoms with Crippen molar-refractivity contribution in [3.8, 4) is 0 Å². The fourth-order valence-corrected chi connectivity index (χ4v) is 1.99. The summed E-state index contributed by atoms with van der Waals surface area (Å²) in [5.41, 5.74) is 6.16. The van der Waals surface area contributed by atoms with Crippen molar-refractivity contribution < 1.29 is 9.18 Å². The lowest BCUT2D eigenvalue weighted by molar-refractivity contribution is -0.124. The van der Waals surface area contributed by atoms with Gasteiger partial charge in [-0.1, -0.05) is 42.5 Å². The van der Waals surface area contributed by atoms with Gasteiger partial charge >= 0.3 is 0 Å². The van der Waals surface area contributed by atoms with Gasteiger partial charge in [0.25, 0.3) is 0 Å². The van der Waals surface area contributed by atoms with E-state index in [4.69, 9.17) is 5.73 Å². The Bertz CT molecular complexity index is 583. The fraction of sp³-hybridized carbons (Fsp3) is 0.188. The molecule has 0 saturated heterocycles. The van der Waals surface area contributed by atoms with E-state index in [0.717, 1.165) is 5.56 Å². The second-order valence-corrected chi connectivity index (χ2v) is 4.84. The smallest absolute Gasteiger partial charge is 0.242 e. The van der Waals surface area contributed by atoms with E-state index in [9.17, 15) is 9.18 Å². The van der Waals surface area contributed by atoms with Gasteiger partial charge in [-0.05, 0) is 30.2 Å². The molecule has 104 valence electrons. The standard InChI is InChI=1S/C16H17FN2O/c1-16(15(18)20,13-7-9-14(17)10-8-13)19-11-12-5-3-2-4-6-12/h2-10,19H,11H2,1H3,(H2,18,20). The van der Waals surface area contributed by atoms with Crippen LogP contribution in [0.4, 0.5) is 4.39 Å². The quantitative estimate of drug-likeness (QED) is 0.877. The number of nitrogens with one attached hydrogen (secondary N) is 1. The monoisotopic (exact) mass is 272 g/mol. The average Bonchev–Trinajstić information content (AvgIpc) is 2.46. The molecule has 4 heteroatoms. The van der Waals surface area contributed by atoms with Gasteiger partial charge < -0.3 is 5.73 Å². The highest BCUT2D eigenvalue weighted by atomic mass is 19.1. The first kappa shape index (κ1) is 14.2. The molecule has 0 fully saturated rings. The van der Waals surface area contributed by atoms with Crippen molar-refractivity contribution in [1.29, 1.82) is 0 Å². The van der Waals surface area contributed by atoms with Gasteiger partial charge in [-0.3, -0.25) is 10.1 Å². The summed E-state index contributed by atoms with van der Waals surface area (Å²) < 4.78 is 13.0. The van der Waals surface area contributed by atoms with Crippen LogP contribution < -0.4 is 11.1 Å². The zero-order valence-corrected chi connectivity index (χ0v) is 11.3. The minimum atomic E-state index is -1.04. The van der Waals surface area contributed by atoms with Crippen molar-refractivity contribution in [1.82, 2.24) is 5.32 Å². The highest BCUT2D eigenvalue weighted by Gasteiger charge is 2.32. The molecule has 2 aromatic rings. The minimum absolute atomic E-state index is 0.344. The molecule has 0 bridgehead atoms. The fourth-order valence-electron chi connectivity index (χ4n) is 1.99. The molecule has 2 rings (SSSR count). The number of carbonyl (C=O) groups excluding carboxylic acids is 1. The number of halogens is 1. The van der Waals surface area contributed by atoms with Gasteiger partial charge in [0.15, 0.2) is 0 Å². The highest BCUT2D eigenvalue weighted by molar-refractivity contribution is 5.85. The number of benzene rings is 2. The van der Waals surface area contributed by atoms with Gasteiger partial charge in [0.05, 0.1) is 0 Å². The molecule has 3 nitrogen and oxygen atoms in total. The first-order valence-electron chi connectivity index (χ1n) is 6.37. The van der Waals surface area contributed by atoms with Crippen LogP contribution in [0, 0.1) is 5.82 Å². The number of hydrogen-bond donors (Lipinski definition) is 2. The molecule has 3 N–H and O–H groups in total. The van der Waals surface area contributed by atoms with E-state index in [-0.39, 0.29) is 5.82 Å².